The predicted molar refractivity (Wildman–Crippen MR) is 61.6 cm³/mol. The van der Waals surface area contributed by atoms with E-state index in [4.69, 9.17) is 11.6 Å². The second-order valence-corrected chi connectivity index (χ2v) is 3.91. The second-order valence-electron chi connectivity index (χ2n) is 3.48. The molecule has 0 heterocycles. The lowest BCUT2D eigenvalue weighted by atomic mass is 10.2. The fourth-order valence-corrected chi connectivity index (χ4v) is 1.31. The van der Waals surface area contributed by atoms with Crippen molar-refractivity contribution in [2.75, 3.05) is 5.32 Å². The molecule has 3 nitrogen and oxygen atoms in total. The highest BCUT2D eigenvalue weighted by atomic mass is 35.5. The van der Waals surface area contributed by atoms with Crippen LogP contribution in [0.15, 0.2) is 30.0 Å². The van der Waals surface area contributed by atoms with E-state index in [9.17, 15) is 23.1 Å². The van der Waals surface area contributed by atoms with Gasteiger partial charge >= 0.3 is 6.18 Å². The first kappa shape index (κ1) is 14.4. The fraction of sp³-hybridized carbons (Fsp3) is 0.182. The Morgan fingerprint density at radius 3 is 2.61 bits per heavy atom. The molecule has 0 atom stereocenters. The molecule has 0 amide bonds. The number of hydrogen-bond donors (Lipinski definition) is 2. The number of aromatic hydroxyl groups is 1. The van der Waals surface area contributed by atoms with Crippen LogP contribution in [0.5, 0.6) is 5.75 Å². The molecule has 0 spiro atoms. The molecule has 2 N–H and O–H groups in total. The Bertz CT molecular complexity index is 498. The number of ketones is 1. The monoisotopic (exact) mass is 279 g/mol. The molecule has 0 saturated heterocycles. The number of hydrogen-bond acceptors (Lipinski definition) is 3. The van der Waals surface area contributed by atoms with Crippen molar-refractivity contribution in [3.63, 3.8) is 0 Å². The number of phenolic OH excluding ortho intramolecular Hbond substituents is 1. The summed E-state index contributed by atoms with van der Waals surface area (Å²) in [4.78, 5) is 10.7. The maximum atomic E-state index is 12.0. The molecule has 1 aromatic carbocycles. The third-order valence-corrected chi connectivity index (χ3v) is 2.15. The maximum Gasteiger partial charge on any atom is 0.454 e. The molecule has 98 valence electrons. The van der Waals surface area contributed by atoms with E-state index >= 15 is 0 Å². The Labute approximate surface area is 106 Å². The van der Waals surface area contributed by atoms with Gasteiger partial charge in [0.25, 0.3) is 5.78 Å². The number of carbonyl (C=O) groups excluding carboxylic acids is 1. The van der Waals surface area contributed by atoms with Crippen molar-refractivity contribution in [2.45, 2.75) is 13.1 Å². The van der Waals surface area contributed by atoms with Gasteiger partial charge in [-0.25, -0.2) is 0 Å². The Morgan fingerprint density at radius 1 is 1.44 bits per heavy atom. The number of halogens is 4. The lowest BCUT2D eigenvalue weighted by Crippen LogP contribution is -2.21. The Kier molecular flexibility index (Phi) is 4.24. The maximum absolute atomic E-state index is 12.0. The summed E-state index contributed by atoms with van der Waals surface area (Å²) in [7, 11) is 0. The van der Waals surface area contributed by atoms with Crippen molar-refractivity contribution in [1.29, 1.82) is 0 Å². The summed E-state index contributed by atoms with van der Waals surface area (Å²) < 4.78 is 36.0. The third-order valence-electron chi connectivity index (χ3n) is 1.92. The van der Waals surface area contributed by atoms with Gasteiger partial charge in [-0.15, -0.1) is 0 Å². The first-order chi connectivity index (χ1) is 8.20. The van der Waals surface area contributed by atoms with E-state index < -0.39 is 12.0 Å². The quantitative estimate of drug-likeness (QED) is 0.658. The molecule has 0 unspecified atom stereocenters. The van der Waals surface area contributed by atoms with Crippen molar-refractivity contribution < 1.29 is 23.1 Å². The lowest BCUT2D eigenvalue weighted by molar-refractivity contribution is -0.165. The van der Waals surface area contributed by atoms with E-state index in [1.165, 1.54) is 25.1 Å². The number of alkyl halides is 3. The first-order valence-electron chi connectivity index (χ1n) is 4.75. The van der Waals surface area contributed by atoms with Crippen molar-refractivity contribution in [3.05, 3.63) is 35.0 Å². The highest BCUT2D eigenvalue weighted by molar-refractivity contribution is 6.30. The Hall–Kier alpha value is -1.69. The van der Waals surface area contributed by atoms with Crippen LogP contribution in [0.4, 0.5) is 18.9 Å². The van der Waals surface area contributed by atoms with Gasteiger partial charge in [0.2, 0.25) is 0 Å². The summed E-state index contributed by atoms with van der Waals surface area (Å²) in [6, 6.07) is 4.03. The summed E-state index contributed by atoms with van der Waals surface area (Å²) in [5.74, 6) is -2.17. The molecule has 0 saturated carbocycles. The smallest absolute Gasteiger partial charge is 0.454 e. The molecule has 0 aliphatic heterocycles. The van der Waals surface area contributed by atoms with Gasteiger partial charge in [-0.1, -0.05) is 11.6 Å². The molecule has 18 heavy (non-hydrogen) atoms. The van der Waals surface area contributed by atoms with E-state index in [1.807, 2.05) is 0 Å². The van der Waals surface area contributed by atoms with Crippen LogP contribution in [-0.4, -0.2) is 17.1 Å². The van der Waals surface area contributed by atoms with E-state index in [1.54, 1.807) is 0 Å². The molecule has 0 aliphatic carbocycles. The molecule has 0 aromatic heterocycles. The van der Waals surface area contributed by atoms with E-state index in [2.05, 4.69) is 5.32 Å². The molecule has 0 fully saturated rings. The highest BCUT2D eigenvalue weighted by Crippen LogP contribution is 2.28. The summed E-state index contributed by atoms with van der Waals surface area (Å²) in [6.45, 7) is 1.27. The van der Waals surface area contributed by atoms with Crippen LogP contribution in [0.25, 0.3) is 0 Å². The van der Waals surface area contributed by atoms with Gasteiger partial charge < -0.3 is 10.4 Å². The van der Waals surface area contributed by atoms with Crippen molar-refractivity contribution in [3.8, 4) is 5.75 Å². The average molecular weight is 280 g/mol. The van der Waals surface area contributed by atoms with Gasteiger partial charge in [-0.05, 0) is 25.1 Å². The lowest BCUT2D eigenvalue weighted by Gasteiger charge is -2.09. The van der Waals surface area contributed by atoms with E-state index in [0.29, 0.717) is 11.1 Å². The standard InChI is InChI=1S/C11H9ClF3NO2/c1-6(4-10(18)11(13,14)15)16-8-5-7(12)2-3-9(8)17/h2-5,16-17H,1H3/b6-4+. The summed E-state index contributed by atoms with van der Waals surface area (Å²) >= 11 is 5.66. The van der Waals surface area contributed by atoms with Crippen LogP contribution >= 0.6 is 11.6 Å². The molecule has 1 aromatic rings. The normalized spacial score (nSPS) is 12.4. The van der Waals surface area contributed by atoms with Gasteiger partial charge in [-0.3, -0.25) is 4.79 Å². The first-order valence-corrected chi connectivity index (χ1v) is 5.13. The minimum Gasteiger partial charge on any atom is -0.506 e. The van der Waals surface area contributed by atoms with Crippen LogP contribution in [0, 0.1) is 0 Å². The van der Waals surface area contributed by atoms with Gasteiger partial charge in [0.1, 0.15) is 5.75 Å². The number of carbonyl (C=O) groups is 1. The molecule has 0 radical (unpaired) electrons. The van der Waals surface area contributed by atoms with Gasteiger partial charge in [0.15, 0.2) is 0 Å². The molecule has 0 aliphatic rings. The van der Waals surface area contributed by atoms with Crippen molar-refractivity contribution in [1.82, 2.24) is 0 Å². The van der Waals surface area contributed by atoms with Crippen LogP contribution in [0.3, 0.4) is 0 Å². The minimum atomic E-state index is -4.92. The summed E-state index contributed by atoms with van der Waals surface area (Å²) in [5.41, 5.74) is 0.0566. The van der Waals surface area contributed by atoms with Gasteiger partial charge in [0, 0.05) is 16.8 Å². The number of rotatable bonds is 3. The summed E-state index contributed by atoms with van der Waals surface area (Å²) in [6.07, 6.45) is -4.51. The van der Waals surface area contributed by atoms with Crippen LogP contribution < -0.4 is 5.32 Å². The topological polar surface area (TPSA) is 49.3 Å². The Balaban J connectivity index is 2.88. The van der Waals surface area contributed by atoms with E-state index in [0.717, 1.165) is 0 Å². The third kappa shape index (κ3) is 3.96. The molecule has 7 heteroatoms. The zero-order valence-electron chi connectivity index (χ0n) is 9.18. The van der Waals surface area contributed by atoms with Gasteiger partial charge in [0.05, 0.1) is 5.69 Å². The number of phenols is 1. The average Bonchev–Trinajstić information content (AvgIpc) is 2.22. The van der Waals surface area contributed by atoms with Crippen molar-refractivity contribution in [2.24, 2.45) is 0 Å². The fourth-order valence-electron chi connectivity index (χ4n) is 1.14. The van der Waals surface area contributed by atoms with Crippen molar-refractivity contribution >= 4 is 23.1 Å². The van der Waals surface area contributed by atoms with E-state index in [-0.39, 0.29) is 17.1 Å². The number of benzene rings is 1. The van der Waals surface area contributed by atoms with Crippen LogP contribution in [0.2, 0.25) is 5.02 Å². The second kappa shape index (κ2) is 5.30. The zero-order valence-corrected chi connectivity index (χ0v) is 9.93. The predicted octanol–water partition coefficient (Wildman–Crippen LogP) is 3.49. The van der Waals surface area contributed by atoms with Crippen LogP contribution in [-0.2, 0) is 4.79 Å². The number of allylic oxidation sites excluding steroid dienone is 2. The highest BCUT2D eigenvalue weighted by Gasteiger charge is 2.36. The van der Waals surface area contributed by atoms with Crippen LogP contribution in [0.1, 0.15) is 6.92 Å². The molecule has 0 bridgehead atoms. The van der Waals surface area contributed by atoms with Gasteiger partial charge in [-0.2, -0.15) is 13.2 Å². The SMILES string of the molecule is C/C(=C\C(=O)C(F)(F)F)Nc1cc(Cl)ccc1O. The largest absolute Gasteiger partial charge is 0.506 e. The molecular weight excluding hydrogens is 271 g/mol. The molecular formula is C11H9ClF3NO2. The minimum absolute atomic E-state index is 0.0603. The Morgan fingerprint density at radius 2 is 2.06 bits per heavy atom. The zero-order chi connectivity index (χ0) is 13.9. The number of anilines is 1. The number of nitrogens with one attached hydrogen (secondary N) is 1. The summed E-state index contributed by atoms with van der Waals surface area (Å²) in [5, 5.41) is 12.2. The molecule has 1 rings (SSSR count).